The number of aromatic nitrogens is 2. The fourth-order valence-corrected chi connectivity index (χ4v) is 5.00. The van der Waals surface area contributed by atoms with Crippen LogP contribution in [0.25, 0.3) is 0 Å². The average Bonchev–Trinajstić information content (AvgIpc) is 3.18. The summed E-state index contributed by atoms with van der Waals surface area (Å²) in [5, 5.41) is 1.49. The topological polar surface area (TPSA) is 92.4 Å². The van der Waals surface area contributed by atoms with E-state index in [1.165, 1.54) is 11.8 Å². The molecule has 1 unspecified atom stereocenters. The third-order valence-corrected chi connectivity index (χ3v) is 7.38. The summed E-state index contributed by atoms with van der Waals surface area (Å²) < 4.78 is 0. The van der Waals surface area contributed by atoms with Gasteiger partial charge in [0.15, 0.2) is 5.82 Å². The third-order valence-electron chi connectivity index (χ3n) is 5.38. The monoisotopic (exact) mass is 465 g/mol. The lowest BCUT2D eigenvalue weighted by Crippen LogP contribution is -2.50. The summed E-state index contributed by atoms with van der Waals surface area (Å²) >= 11 is 13.6. The molecular formula is C20H21Cl2N5O2S. The summed E-state index contributed by atoms with van der Waals surface area (Å²) in [6.07, 6.45) is 3.27. The number of carbonyl (C=O) groups excluding carboxylic acids is 2. The van der Waals surface area contributed by atoms with E-state index in [0.717, 1.165) is 4.90 Å². The van der Waals surface area contributed by atoms with Gasteiger partial charge in [-0.1, -0.05) is 41.0 Å². The number of amides is 1. The Bertz CT molecular complexity index is 982. The number of benzene rings is 1. The maximum absolute atomic E-state index is 12.6. The molecule has 0 radical (unpaired) electrons. The van der Waals surface area contributed by atoms with Crippen LogP contribution in [0.5, 0.6) is 0 Å². The first-order chi connectivity index (χ1) is 14.4. The number of nitrogens with zero attached hydrogens (tertiary/aromatic N) is 4. The summed E-state index contributed by atoms with van der Waals surface area (Å²) in [6.45, 7) is 2.49. The van der Waals surface area contributed by atoms with Gasteiger partial charge >= 0.3 is 0 Å². The molecule has 4 rings (SSSR count). The Morgan fingerprint density at radius 3 is 2.63 bits per heavy atom. The number of piperazine rings is 1. The van der Waals surface area contributed by atoms with Gasteiger partial charge in [-0.15, -0.1) is 0 Å². The van der Waals surface area contributed by atoms with Crippen molar-refractivity contribution in [3.63, 3.8) is 0 Å². The van der Waals surface area contributed by atoms with Crippen molar-refractivity contribution in [3.8, 4) is 0 Å². The molecule has 7 nitrogen and oxygen atoms in total. The van der Waals surface area contributed by atoms with Gasteiger partial charge in [0.25, 0.3) is 0 Å². The van der Waals surface area contributed by atoms with E-state index >= 15 is 0 Å². The first-order valence-electron chi connectivity index (χ1n) is 9.72. The standard InChI is InChI=1S/C20H21Cl2N5O2S/c21-14-2-1-3-15(17(14)22)30-19-18(23)25-16(11-24-19)26-6-8-27(9-7-26)20(29)12-4-5-13(28)10-12/h1-3,11-12H,4-10H2,(H2,23,25). The van der Waals surface area contributed by atoms with E-state index in [4.69, 9.17) is 28.9 Å². The van der Waals surface area contributed by atoms with Crippen LogP contribution in [0.3, 0.4) is 0 Å². The number of rotatable bonds is 4. The van der Waals surface area contributed by atoms with Gasteiger partial charge in [-0.3, -0.25) is 9.59 Å². The number of hydrogen-bond donors (Lipinski definition) is 1. The lowest BCUT2D eigenvalue weighted by Gasteiger charge is -2.36. The fraction of sp³-hybridized carbons (Fsp3) is 0.400. The predicted molar refractivity (Wildman–Crippen MR) is 118 cm³/mol. The van der Waals surface area contributed by atoms with E-state index in [0.29, 0.717) is 72.1 Å². The van der Waals surface area contributed by atoms with Crippen molar-refractivity contribution >= 4 is 58.3 Å². The molecule has 30 heavy (non-hydrogen) atoms. The van der Waals surface area contributed by atoms with Crippen molar-refractivity contribution in [1.82, 2.24) is 14.9 Å². The van der Waals surface area contributed by atoms with Crippen LogP contribution in [-0.4, -0.2) is 52.7 Å². The Labute approximate surface area is 188 Å². The zero-order valence-electron chi connectivity index (χ0n) is 16.2. The second kappa shape index (κ2) is 8.99. The number of halogens is 2. The van der Waals surface area contributed by atoms with Crippen molar-refractivity contribution < 1.29 is 9.59 Å². The Morgan fingerprint density at radius 1 is 1.20 bits per heavy atom. The van der Waals surface area contributed by atoms with Gasteiger partial charge in [0.05, 0.1) is 16.2 Å². The maximum atomic E-state index is 12.6. The smallest absolute Gasteiger partial charge is 0.226 e. The van der Waals surface area contributed by atoms with Gasteiger partial charge in [-0.05, 0) is 18.6 Å². The van der Waals surface area contributed by atoms with Crippen LogP contribution in [0.4, 0.5) is 11.6 Å². The number of Topliss-reactive ketones (excluding diaryl/α,β-unsaturated/α-hetero) is 1. The zero-order valence-corrected chi connectivity index (χ0v) is 18.5. The SMILES string of the molecule is Nc1nc(N2CCN(C(=O)C3CCC(=O)C3)CC2)cnc1Sc1cccc(Cl)c1Cl. The van der Waals surface area contributed by atoms with Crippen LogP contribution < -0.4 is 10.6 Å². The molecule has 1 amide bonds. The van der Waals surface area contributed by atoms with E-state index in [1.54, 1.807) is 12.3 Å². The van der Waals surface area contributed by atoms with E-state index in [1.807, 2.05) is 17.0 Å². The highest BCUT2D eigenvalue weighted by Crippen LogP contribution is 2.38. The zero-order chi connectivity index (χ0) is 21.3. The van der Waals surface area contributed by atoms with Crippen molar-refractivity contribution in [2.45, 2.75) is 29.2 Å². The van der Waals surface area contributed by atoms with Gasteiger partial charge in [0.1, 0.15) is 16.6 Å². The summed E-state index contributed by atoms with van der Waals surface area (Å²) in [5.74, 6) is 1.13. The van der Waals surface area contributed by atoms with Gasteiger partial charge in [-0.2, -0.15) is 0 Å². The highest BCUT2D eigenvalue weighted by Gasteiger charge is 2.33. The number of nitrogen functional groups attached to an aromatic ring is 1. The van der Waals surface area contributed by atoms with Crippen molar-refractivity contribution in [2.24, 2.45) is 5.92 Å². The summed E-state index contributed by atoms with van der Waals surface area (Å²) in [4.78, 5) is 37.7. The number of carbonyl (C=O) groups is 2. The molecule has 1 atom stereocenters. The molecule has 2 aromatic rings. The number of ketones is 1. The lowest BCUT2D eigenvalue weighted by atomic mass is 10.1. The fourth-order valence-electron chi connectivity index (χ4n) is 3.72. The highest BCUT2D eigenvalue weighted by atomic mass is 35.5. The minimum atomic E-state index is -0.144. The maximum Gasteiger partial charge on any atom is 0.226 e. The Morgan fingerprint density at radius 2 is 1.97 bits per heavy atom. The van der Waals surface area contributed by atoms with Gasteiger partial charge in [-0.25, -0.2) is 9.97 Å². The van der Waals surface area contributed by atoms with Crippen molar-refractivity contribution in [3.05, 3.63) is 34.4 Å². The molecule has 1 aromatic heterocycles. The molecule has 2 fully saturated rings. The predicted octanol–water partition coefficient (Wildman–Crippen LogP) is 3.53. The molecule has 2 aliphatic rings. The third kappa shape index (κ3) is 4.50. The summed E-state index contributed by atoms with van der Waals surface area (Å²) in [5.41, 5.74) is 6.14. The molecular weight excluding hydrogens is 445 g/mol. The van der Waals surface area contributed by atoms with Gasteiger partial charge < -0.3 is 15.5 Å². The van der Waals surface area contributed by atoms with Crippen molar-refractivity contribution in [1.29, 1.82) is 0 Å². The van der Waals surface area contributed by atoms with Gasteiger partial charge in [0, 0.05) is 49.8 Å². The molecule has 1 aliphatic carbocycles. The van der Waals surface area contributed by atoms with E-state index in [9.17, 15) is 9.59 Å². The van der Waals surface area contributed by atoms with Crippen LogP contribution in [0, 0.1) is 5.92 Å². The van der Waals surface area contributed by atoms with Crippen LogP contribution in [0.2, 0.25) is 10.0 Å². The molecule has 158 valence electrons. The Balaban J connectivity index is 1.38. The van der Waals surface area contributed by atoms with Gasteiger partial charge in [0.2, 0.25) is 5.91 Å². The normalized spacial score (nSPS) is 19.4. The van der Waals surface area contributed by atoms with Crippen LogP contribution in [0.15, 0.2) is 34.3 Å². The second-order valence-corrected chi connectivity index (χ2v) is 9.18. The first kappa shape index (κ1) is 21.2. The summed E-state index contributed by atoms with van der Waals surface area (Å²) in [7, 11) is 0. The number of nitrogens with two attached hydrogens (primary N) is 1. The summed E-state index contributed by atoms with van der Waals surface area (Å²) in [6, 6.07) is 5.39. The lowest BCUT2D eigenvalue weighted by molar-refractivity contribution is -0.136. The quantitative estimate of drug-likeness (QED) is 0.737. The van der Waals surface area contributed by atoms with Crippen molar-refractivity contribution in [2.75, 3.05) is 36.8 Å². The average molecular weight is 466 g/mol. The Hall–Kier alpha value is -2.03. The minimum absolute atomic E-state index is 0.0937. The van der Waals surface area contributed by atoms with E-state index in [-0.39, 0.29) is 17.6 Å². The second-order valence-electron chi connectivity index (χ2n) is 7.36. The number of hydrogen-bond acceptors (Lipinski definition) is 7. The molecule has 10 heteroatoms. The molecule has 2 heterocycles. The molecule has 0 spiro atoms. The molecule has 1 aromatic carbocycles. The van der Waals surface area contributed by atoms with Crippen LogP contribution in [-0.2, 0) is 9.59 Å². The molecule has 1 saturated heterocycles. The van der Waals surface area contributed by atoms with E-state index < -0.39 is 0 Å². The highest BCUT2D eigenvalue weighted by molar-refractivity contribution is 7.99. The molecule has 1 saturated carbocycles. The number of anilines is 2. The minimum Gasteiger partial charge on any atom is -0.381 e. The molecule has 0 bridgehead atoms. The first-order valence-corrected chi connectivity index (χ1v) is 11.3. The Kier molecular flexibility index (Phi) is 6.36. The van der Waals surface area contributed by atoms with Crippen LogP contribution >= 0.6 is 35.0 Å². The largest absolute Gasteiger partial charge is 0.381 e. The molecule has 1 aliphatic heterocycles. The molecule has 2 N–H and O–H groups in total. The van der Waals surface area contributed by atoms with Crippen LogP contribution in [0.1, 0.15) is 19.3 Å². The van der Waals surface area contributed by atoms with E-state index in [2.05, 4.69) is 14.9 Å².